The van der Waals surface area contributed by atoms with Gasteiger partial charge in [-0.3, -0.25) is 9.59 Å². The molecule has 0 saturated carbocycles. The molecule has 46 heavy (non-hydrogen) atoms. The fourth-order valence-corrected chi connectivity index (χ4v) is 7.16. The Labute approximate surface area is 295 Å². The first-order chi connectivity index (χ1) is 22.1. The second-order valence-electron chi connectivity index (χ2n) is 11.1. The Kier molecular flexibility index (Phi) is 10.8. The molecule has 1 heterocycles. The van der Waals surface area contributed by atoms with E-state index in [1.807, 2.05) is 81.4 Å². The summed E-state index contributed by atoms with van der Waals surface area (Å²) in [5.41, 5.74) is 5.61. The molecule has 0 bridgehead atoms. The van der Waals surface area contributed by atoms with E-state index in [-0.39, 0.29) is 24.0 Å². The highest BCUT2D eigenvalue weighted by Gasteiger charge is 2.19. The van der Waals surface area contributed by atoms with Gasteiger partial charge in [0, 0.05) is 11.3 Å². The van der Waals surface area contributed by atoms with Crippen molar-refractivity contribution in [2.24, 2.45) is 5.10 Å². The number of benzene rings is 4. The predicted molar refractivity (Wildman–Crippen MR) is 202 cm³/mol. The highest BCUT2D eigenvalue weighted by molar-refractivity contribution is 14.1. The van der Waals surface area contributed by atoms with Crippen LogP contribution in [0.2, 0.25) is 0 Å². The van der Waals surface area contributed by atoms with Crippen LogP contribution in [-0.2, 0) is 4.79 Å². The SMILES string of the molecule is CCOc1cc(C)c(-c2nc3ccccc3c(=O)n2N=Cc2cc(I)c(OCC(=O)Nc3ccccc3C)c(I)c2)cc1C(C)C. The molecule has 0 unspecified atom stereocenters. The summed E-state index contributed by atoms with van der Waals surface area (Å²) in [5, 5.41) is 8.06. The number of nitrogens with one attached hydrogen (secondary N) is 1. The van der Waals surface area contributed by atoms with Gasteiger partial charge in [-0.25, -0.2) is 4.98 Å². The summed E-state index contributed by atoms with van der Waals surface area (Å²) in [6, 6.07) is 22.8. The number of fused-ring (bicyclic) bond motifs is 1. The zero-order valence-electron chi connectivity index (χ0n) is 26.2. The number of halogens is 2. The Morgan fingerprint density at radius 2 is 1.67 bits per heavy atom. The van der Waals surface area contributed by atoms with E-state index < -0.39 is 0 Å². The van der Waals surface area contributed by atoms with E-state index in [0.29, 0.717) is 29.1 Å². The van der Waals surface area contributed by atoms with E-state index >= 15 is 0 Å². The maximum absolute atomic E-state index is 13.9. The Balaban J connectivity index is 1.49. The van der Waals surface area contributed by atoms with Crippen molar-refractivity contribution in [2.75, 3.05) is 18.5 Å². The fraction of sp³-hybridized carbons (Fsp3) is 0.222. The molecule has 8 nitrogen and oxygen atoms in total. The molecule has 0 atom stereocenters. The molecule has 0 fully saturated rings. The maximum Gasteiger partial charge on any atom is 0.282 e. The van der Waals surface area contributed by atoms with Gasteiger partial charge in [-0.05, 0) is 137 Å². The number of amides is 1. The van der Waals surface area contributed by atoms with Crippen molar-refractivity contribution < 1.29 is 14.3 Å². The fourth-order valence-electron chi connectivity index (χ4n) is 5.03. The van der Waals surface area contributed by atoms with Gasteiger partial charge in [-0.15, -0.1) is 0 Å². The van der Waals surface area contributed by atoms with Crippen molar-refractivity contribution >= 4 is 73.9 Å². The quantitative estimate of drug-likeness (QED) is 0.113. The summed E-state index contributed by atoms with van der Waals surface area (Å²) in [6.45, 7) is 10.6. The third-order valence-corrected chi connectivity index (χ3v) is 8.99. The van der Waals surface area contributed by atoms with E-state index in [4.69, 9.17) is 19.6 Å². The monoisotopic (exact) mass is 840 g/mol. The third-order valence-electron chi connectivity index (χ3n) is 7.38. The van der Waals surface area contributed by atoms with Gasteiger partial charge in [-0.1, -0.05) is 44.2 Å². The van der Waals surface area contributed by atoms with Crippen LogP contribution < -0.4 is 20.3 Å². The molecule has 0 saturated heterocycles. The topological polar surface area (TPSA) is 94.8 Å². The van der Waals surface area contributed by atoms with Crippen LogP contribution in [0.25, 0.3) is 22.3 Å². The first-order valence-electron chi connectivity index (χ1n) is 14.9. The number of aryl methyl sites for hydroxylation is 2. The molecular formula is C36H34I2N4O4. The van der Waals surface area contributed by atoms with Gasteiger partial charge >= 0.3 is 0 Å². The number of ether oxygens (including phenoxy) is 2. The molecule has 0 aliphatic rings. The number of hydrogen-bond donors (Lipinski definition) is 1. The average Bonchev–Trinajstić information content (AvgIpc) is 3.01. The first-order valence-corrected chi connectivity index (χ1v) is 17.0. The summed E-state index contributed by atoms with van der Waals surface area (Å²) in [7, 11) is 0. The predicted octanol–water partition coefficient (Wildman–Crippen LogP) is 8.31. The molecule has 5 aromatic rings. The van der Waals surface area contributed by atoms with Gasteiger partial charge < -0.3 is 14.8 Å². The van der Waals surface area contributed by atoms with Crippen LogP contribution in [-0.4, -0.2) is 35.0 Å². The second-order valence-corrected chi connectivity index (χ2v) is 13.4. The summed E-state index contributed by atoms with van der Waals surface area (Å²) in [6.07, 6.45) is 1.65. The lowest BCUT2D eigenvalue weighted by Gasteiger charge is -2.18. The Hall–Kier alpha value is -3.78. The van der Waals surface area contributed by atoms with Crippen molar-refractivity contribution in [3.63, 3.8) is 0 Å². The molecular weight excluding hydrogens is 806 g/mol. The molecule has 5 rings (SSSR count). The lowest BCUT2D eigenvalue weighted by molar-refractivity contribution is -0.118. The minimum atomic E-state index is -0.264. The van der Waals surface area contributed by atoms with E-state index in [0.717, 1.165) is 46.4 Å². The highest BCUT2D eigenvalue weighted by Crippen LogP contribution is 2.34. The van der Waals surface area contributed by atoms with Crippen LogP contribution >= 0.6 is 45.2 Å². The van der Waals surface area contributed by atoms with Crippen molar-refractivity contribution in [3.8, 4) is 22.9 Å². The largest absolute Gasteiger partial charge is 0.494 e. The molecule has 0 aliphatic heterocycles. The number of para-hydroxylation sites is 2. The van der Waals surface area contributed by atoms with E-state index in [9.17, 15) is 9.59 Å². The molecule has 1 amide bonds. The number of anilines is 1. The highest BCUT2D eigenvalue weighted by atomic mass is 127. The first kappa shape index (κ1) is 33.6. The number of rotatable bonds is 10. The summed E-state index contributed by atoms with van der Waals surface area (Å²) in [4.78, 5) is 31.4. The lowest BCUT2D eigenvalue weighted by atomic mass is 9.96. The number of carbonyl (C=O) groups excluding carboxylic acids is 1. The van der Waals surface area contributed by atoms with Gasteiger partial charge in [0.25, 0.3) is 11.5 Å². The van der Waals surface area contributed by atoms with Gasteiger partial charge in [0.15, 0.2) is 12.4 Å². The van der Waals surface area contributed by atoms with Gasteiger partial charge in [0.05, 0.1) is 30.9 Å². The van der Waals surface area contributed by atoms with Crippen molar-refractivity contribution in [1.29, 1.82) is 0 Å². The van der Waals surface area contributed by atoms with Crippen LogP contribution in [0.15, 0.2) is 82.7 Å². The van der Waals surface area contributed by atoms with Crippen LogP contribution in [0.1, 0.15) is 48.9 Å². The van der Waals surface area contributed by atoms with Crippen molar-refractivity contribution in [3.05, 3.63) is 113 Å². The van der Waals surface area contributed by atoms with Crippen molar-refractivity contribution in [2.45, 2.75) is 40.5 Å². The van der Waals surface area contributed by atoms with Crippen LogP contribution in [0.5, 0.6) is 11.5 Å². The van der Waals surface area contributed by atoms with E-state index in [2.05, 4.69) is 70.4 Å². The zero-order valence-corrected chi connectivity index (χ0v) is 30.5. The minimum absolute atomic E-state index is 0.130. The number of carbonyl (C=O) groups is 1. The number of hydrogen-bond acceptors (Lipinski definition) is 6. The molecule has 0 spiro atoms. The molecule has 4 aromatic carbocycles. The normalized spacial score (nSPS) is 11.4. The maximum atomic E-state index is 13.9. The molecule has 1 N–H and O–H groups in total. The van der Waals surface area contributed by atoms with Crippen LogP contribution in [0.3, 0.4) is 0 Å². The van der Waals surface area contributed by atoms with Crippen LogP contribution in [0, 0.1) is 21.0 Å². The van der Waals surface area contributed by atoms with Crippen molar-refractivity contribution in [1.82, 2.24) is 9.66 Å². The summed E-state index contributed by atoms with van der Waals surface area (Å²) in [5.74, 6) is 1.84. The Morgan fingerprint density at radius 3 is 2.37 bits per heavy atom. The average molecular weight is 840 g/mol. The van der Waals surface area contributed by atoms with Crippen LogP contribution in [0.4, 0.5) is 5.69 Å². The Bertz CT molecular complexity index is 2000. The minimum Gasteiger partial charge on any atom is -0.494 e. The second kappa shape index (κ2) is 14.8. The lowest BCUT2D eigenvalue weighted by Crippen LogP contribution is -2.21. The van der Waals surface area contributed by atoms with Gasteiger partial charge in [0.2, 0.25) is 0 Å². The molecule has 10 heteroatoms. The number of aromatic nitrogens is 2. The molecule has 0 radical (unpaired) electrons. The van der Waals surface area contributed by atoms with Gasteiger partial charge in [-0.2, -0.15) is 9.78 Å². The summed E-state index contributed by atoms with van der Waals surface area (Å²) >= 11 is 4.37. The molecule has 236 valence electrons. The standard InChI is InChI=1S/C36H34I2N4O4/c1-6-45-32-15-23(5)27(18-26(32)21(2)3)35-41-31-14-10-8-12-25(31)36(44)42(35)39-19-24-16-28(37)34(29(38)17-24)46-20-33(43)40-30-13-9-7-11-22(30)4/h7-19,21H,6,20H2,1-5H3,(H,40,43). The molecule has 0 aliphatic carbocycles. The third kappa shape index (κ3) is 7.43. The zero-order chi connectivity index (χ0) is 33.0. The smallest absolute Gasteiger partial charge is 0.282 e. The Morgan fingerprint density at radius 1 is 0.978 bits per heavy atom. The summed E-state index contributed by atoms with van der Waals surface area (Å²) < 4.78 is 14.9. The number of nitrogens with zero attached hydrogens (tertiary/aromatic N) is 3. The van der Waals surface area contributed by atoms with E-state index in [1.165, 1.54) is 4.68 Å². The van der Waals surface area contributed by atoms with Gasteiger partial charge in [0.1, 0.15) is 11.5 Å². The molecule has 1 aromatic heterocycles. The van der Waals surface area contributed by atoms with E-state index in [1.54, 1.807) is 12.3 Å².